The molecule has 4 heteroatoms. The van der Waals surface area contributed by atoms with E-state index in [0.29, 0.717) is 10.9 Å². The molecular weight excluding hydrogens is 361 g/mol. The fraction of sp³-hybridized carbons (Fsp3) is 0.143. The van der Waals surface area contributed by atoms with E-state index in [1.807, 2.05) is 24.3 Å². The quantitative estimate of drug-likeness (QED) is 0.837. The van der Waals surface area contributed by atoms with Gasteiger partial charge in [0.1, 0.15) is 5.82 Å². The molecule has 0 aromatic heterocycles. The van der Waals surface area contributed by atoms with Crippen LogP contribution in [0.1, 0.15) is 17.2 Å². The van der Waals surface area contributed by atoms with E-state index in [2.05, 4.69) is 31.9 Å². The SMILES string of the molecule is NC(Cc1ccccc1Br)c1ccc(F)c(Br)c1. The maximum atomic E-state index is 13.2. The predicted molar refractivity (Wildman–Crippen MR) is 78.9 cm³/mol. The van der Waals surface area contributed by atoms with E-state index in [1.54, 1.807) is 12.1 Å². The van der Waals surface area contributed by atoms with Crippen LogP contribution in [0.3, 0.4) is 0 Å². The first-order valence-electron chi connectivity index (χ1n) is 5.52. The maximum Gasteiger partial charge on any atom is 0.137 e. The monoisotopic (exact) mass is 371 g/mol. The lowest BCUT2D eigenvalue weighted by Gasteiger charge is -2.14. The summed E-state index contributed by atoms with van der Waals surface area (Å²) in [6.07, 6.45) is 0.708. The fourth-order valence-corrected chi connectivity index (χ4v) is 2.60. The second-order valence-corrected chi connectivity index (χ2v) is 5.78. The highest BCUT2D eigenvalue weighted by atomic mass is 79.9. The van der Waals surface area contributed by atoms with Gasteiger partial charge in [-0.25, -0.2) is 4.39 Å². The molecule has 2 N–H and O–H groups in total. The third-order valence-electron chi connectivity index (χ3n) is 2.77. The van der Waals surface area contributed by atoms with Crippen molar-refractivity contribution in [1.82, 2.24) is 0 Å². The molecular formula is C14H12Br2FN. The Balaban J connectivity index is 2.19. The molecule has 94 valence electrons. The Kier molecular flexibility index (Phi) is 4.54. The zero-order valence-corrected chi connectivity index (χ0v) is 12.7. The summed E-state index contributed by atoms with van der Waals surface area (Å²) in [6, 6.07) is 12.7. The van der Waals surface area contributed by atoms with Gasteiger partial charge < -0.3 is 5.73 Å². The van der Waals surface area contributed by atoms with E-state index >= 15 is 0 Å². The van der Waals surface area contributed by atoms with Gasteiger partial charge in [0, 0.05) is 10.5 Å². The molecule has 0 saturated carbocycles. The Morgan fingerprint density at radius 1 is 1.06 bits per heavy atom. The van der Waals surface area contributed by atoms with Gasteiger partial charge >= 0.3 is 0 Å². The highest BCUT2D eigenvalue weighted by Gasteiger charge is 2.10. The molecule has 2 rings (SSSR count). The first-order valence-corrected chi connectivity index (χ1v) is 7.10. The minimum absolute atomic E-state index is 0.152. The minimum atomic E-state index is -0.271. The molecule has 0 saturated heterocycles. The Morgan fingerprint density at radius 3 is 2.44 bits per heavy atom. The summed E-state index contributed by atoms with van der Waals surface area (Å²) in [7, 11) is 0. The van der Waals surface area contributed by atoms with E-state index in [4.69, 9.17) is 5.73 Å². The van der Waals surface area contributed by atoms with Crippen LogP contribution >= 0.6 is 31.9 Å². The standard InChI is InChI=1S/C14H12Br2FN/c15-11-4-2-1-3-9(11)8-14(18)10-5-6-13(17)12(16)7-10/h1-7,14H,8,18H2. The van der Waals surface area contributed by atoms with Crippen LogP contribution in [-0.4, -0.2) is 0 Å². The molecule has 0 spiro atoms. The van der Waals surface area contributed by atoms with Crippen molar-refractivity contribution < 1.29 is 4.39 Å². The van der Waals surface area contributed by atoms with E-state index in [9.17, 15) is 4.39 Å². The van der Waals surface area contributed by atoms with Crippen molar-refractivity contribution in [3.63, 3.8) is 0 Å². The lowest BCUT2D eigenvalue weighted by molar-refractivity contribution is 0.617. The summed E-state index contributed by atoms with van der Waals surface area (Å²) in [5.41, 5.74) is 8.21. The van der Waals surface area contributed by atoms with Crippen molar-refractivity contribution in [2.75, 3.05) is 0 Å². The van der Waals surface area contributed by atoms with E-state index in [-0.39, 0.29) is 11.9 Å². The van der Waals surface area contributed by atoms with Crippen LogP contribution < -0.4 is 5.73 Å². The molecule has 1 atom stereocenters. The van der Waals surface area contributed by atoms with Crippen molar-refractivity contribution in [3.05, 3.63) is 68.4 Å². The maximum absolute atomic E-state index is 13.2. The summed E-state index contributed by atoms with van der Waals surface area (Å²) in [6.45, 7) is 0. The smallest absolute Gasteiger partial charge is 0.137 e. The molecule has 1 unspecified atom stereocenters. The van der Waals surface area contributed by atoms with Crippen molar-refractivity contribution >= 4 is 31.9 Å². The number of nitrogens with two attached hydrogens (primary N) is 1. The van der Waals surface area contributed by atoms with E-state index in [0.717, 1.165) is 15.6 Å². The molecule has 18 heavy (non-hydrogen) atoms. The summed E-state index contributed by atoms with van der Waals surface area (Å²) in [5.74, 6) is -0.271. The first kappa shape index (κ1) is 13.7. The van der Waals surface area contributed by atoms with Crippen LogP contribution in [0.25, 0.3) is 0 Å². The van der Waals surface area contributed by atoms with Crippen LogP contribution in [0.4, 0.5) is 4.39 Å². The average molecular weight is 373 g/mol. The zero-order valence-electron chi connectivity index (χ0n) is 9.54. The van der Waals surface area contributed by atoms with Gasteiger partial charge in [-0.05, 0) is 51.7 Å². The molecule has 2 aromatic carbocycles. The Labute approximate surface area is 122 Å². The predicted octanol–water partition coefficient (Wildman–Crippen LogP) is 4.59. The van der Waals surface area contributed by atoms with E-state index in [1.165, 1.54) is 6.07 Å². The number of benzene rings is 2. The van der Waals surface area contributed by atoms with E-state index < -0.39 is 0 Å². The molecule has 0 radical (unpaired) electrons. The second-order valence-electron chi connectivity index (χ2n) is 4.08. The van der Waals surface area contributed by atoms with Crippen molar-refractivity contribution in [1.29, 1.82) is 0 Å². The van der Waals surface area contributed by atoms with Gasteiger partial charge in [-0.1, -0.05) is 40.2 Å². The molecule has 0 aliphatic heterocycles. The Morgan fingerprint density at radius 2 is 1.78 bits per heavy atom. The lowest BCUT2D eigenvalue weighted by Crippen LogP contribution is -2.13. The lowest BCUT2D eigenvalue weighted by atomic mass is 10.00. The number of rotatable bonds is 3. The molecule has 0 fully saturated rings. The van der Waals surface area contributed by atoms with Gasteiger partial charge in [-0.15, -0.1) is 0 Å². The van der Waals surface area contributed by atoms with Gasteiger partial charge in [0.25, 0.3) is 0 Å². The molecule has 0 aliphatic rings. The molecule has 1 nitrogen and oxygen atoms in total. The number of hydrogen-bond acceptors (Lipinski definition) is 1. The highest BCUT2D eigenvalue weighted by Crippen LogP contribution is 2.25. The highest BCUT2D eigenvalue weighted by molar-refractivity contribution is 9.10. The topological polar surface area (TPSA) is 26.0 Å². The van der Waals surface area contributed by atoms with Crippen LogP contribution in [0.2, 0.25) is 0 Å². The second kappa shape index (κ2) is 5.95. The number of hydrogen-bond donors (Lipinski definition) is 1. The van der Waals surface area contributed by atoms with Crippen LogP contribution in [0.5, 0.6) is 0 Å². The molecule has 0 heterocycles. The fourth-order valence-electron chi connectivity index (χ4n) is 1.76. The summed E-state index contributed by atoms with van der Waals surface area (Å²) in [4.78, 5) is 0. The molecule has 0 aliphatic carbocycles. The normalized spacial score (nSPS) is 12.4. The Hall–Kier alpha value is -0.710. The molecule has 2 aromatic rings. The third kappa shape index (κ3) is 3.19. The molecule has 0 bridgehead atoms. The van der Waals surface area contributed by atoms with Crippen molar-refractivity contribution in [2.24, 2.45) is 5.73 Å². The number of halogens is 3. The van der Waals surface area contributed by atoms with Crippen LogP contribution in [-0.2, 0) is 6.42 Å². The van der Waals surface area contributed by atoms with Gasteiger partial charge in [0.15, 0.2) is 0 Å². The zero-order chi connectivity index (χ0) is 13.1. The van der Waals surface area contributed by atoms with Gasteiger partial charge in [-0.2, -0.15) is 0 Å². The van der Waals surface area contributed by atoms with Crippen LogP contribution in [0.15, 0.2) is 51.4 Å². The van der Waals surface area contributed by atoms with Crippen molar-refractivity contribution in [2.45, 2.75) is 12.5 Å². The largest absolute Gasteiger partial charge is 0.324 e. The van der Waals surface area contributed by atoms with Gasteiger partial charge in [0.05, 0.1) is 4.47 Å². The summed E-state index contributed by atoms with van der Waals surface area (Å²) < 4.78 is 14.6. The average Bonchev–Trinajstić information content (AvgIpc) is 2.35. The summed E-state index contributed by atoms with van der Waals surface area (Å²) >= 11 is 6.67. The van der Waals surface area contributed by atoms with Crippen LogP contribution in [0, 0.1) is 5.82 Å². The summed E-state index contributed by atoms with van der Waals surface area (Å²) in [5, 5.41) is 0. The van der Waals surface area contributed by atoms with Crippen molar-refractivity contribution in [3.8, 4) is 0 Å². The Bertz CT molecular complexity index is 557. The molecule has 0 amide bonds. The third-order valence-corrected chi connectivity index (χ3v) is 4.15. The van der Waals surface area contributed by atoms with Gasteiger partial charge in [-0.3, -0.25) is 0 Å². The van der Waals surface area contributed by atoms with Gasteiger partial charge in [0.2, 0.25) is 0 Å². The minimum Gasteiger partial charge on any atom is -0.324 e. The first-order chi connectivity index (χ1) is 8.58.